The summed E-state index contributed by atoms with van der Waals surface area (Å²) in [5.41, 5.74) is 0. The molecule has 1 N–H and O–H groups in total. The van der Waals surface area contributed by atoms with Crippen molar-refractivity contribution in [3.05, 3.63) is 5.82 Å². The van der Waals surface area contributed by atoms with Crippen molar-refractivity contribution in [1.82, 2.24) is 14.8 Å². The standard InChI is InChI=1S/C8H13F3N4O/c1-12-7-14-13-6(15(7)2)3-4-16-5-8(9,10)11/h3-5H2,1-2H3,(H,12,14). The van der Waals surface area contributed by atoms with Crippen LogP contribution in [0.1, 0.15) is 5.82 Å². The molecule has 0 aliphatic rings. The monoisotopic (exact) mass is 238 g/mol. The Balaban J connectivity index is 2.35. The third-order valence-corrected chi connectivity index (χ3v) is 1.92. The zero-order valence-electron chi connectivity index (χ0n) is 9.01. The summed E-state index contributed by atoms with van der Waals surface area (Å²) in [4.78, 5) is 0. The third-order valence-electron chi connectivity index (χ3n) is 1.92. The second kappa shape index (κ2) is 5.15. The number of rotatable bonds is 5. The van der Waals surface area contributed by atoms with Crippen LogP contribution in [0.4, 0.5) is 19.1 Å². The first-order valence-corrected chi connectivity index (χ1v) is 4.64. The molecule has 1 aromatic rings. The van der Waals surface area contributed by atoms with E-state index in [4.69, 9.17) is 0 Å². The van der Waals surface area contributed by atoms with Gasteiger partial charge in [-0.15, -0.1) is 10.2 Å². The van der Waals surface area contributed by atoms with E-state index >= 15 is 0 Å². The molecule has 16 heavy (non-hydrogen) atoms. The fraction of sp³-hybridized carbons (Fsp3) is 0.750. The zero-order valence-corrected chi connectivity index (χ0v) is 9.01. The molecule has 1 rings (SSSR count). The highest BCUT2D eigenvalue weighted by Gasteiger charge is 2.27. The molecule has 0 aliphatic heterocycles. The van der Waals surface area contributed by atoms with Crippen molar-refractivity contribution in [3.63, 3.8) is 0 Å². The van der Waals surface area contributed by atoms with Crippen LogP contribution in [-0.2, 0) is 18.2 Å². The molecular formula is C8H13F3N4O. The van der Waals surface area contributed by atoms with Gasteiger partial charge < -0.3 is 14.6 Å². The Morgan fingerprint density at radius 3 is 2.56 bits per heavy atom. The van der Waals surface area contributed by atoms with E-state index in [-0.39, 0.29) is 6.61 Å². The fourth-order valence-electron chi connectivity index (χ4n) is 1.15. The Morgan fingerprint density at radius 2 is 2.06 bits per heavy atom. The first-order chi connectivity index (χ1) is 7.44. The first kappa shape index (κ1) is 12.8. The van der Waals surface area contributed by atoms with Crippen LogP contribution in [0, 0.1) is 0 Å². The summed E-state index contributed by atoms with van der Waals surface area (Å²) in [6, 6.07) is 0. The molecule has 0 aromatic carbocycles. The van der Waals surface area contributed by atoms with Crippen LogP contribution in [0.3, 0.4) is 0 Å². The van der Waals surface area contributed by atoms with Crippen LogP contribution in [-0.4, -0.2) is 41.2 Å². The molecule has 0 saturated heterocycles. The smallest absolute Gasteiger partial charge is 0.372 e. The number of nitrogens with zero attached hydrogens (tertiary/aromatic N) is 3. The van der Waals surface area contributed by atoms with Crippen molar-refractivity contribution in [3.8, 4) is 0 Å². The van der Waals surface area contributed by atoms with Crippen molar-refractivity contribution < 1.29 is 17.9 Å². The average Bonchev–Trinajstić information content (AvgIpc) is 2.53. The average molecular weight is 238 g/mol. The van der Waals surface area contributed by atoms with Crippen LogP contribution in [0.5, 0.6) is 0 Å². The molecular weight excluding hydrogens is 225 g/mol. The van der Waals surface area contributed by atoms with E-state index in [0.717, 1.165) is 0 Å². The van der Waals surface area contributed by atoms with Gasteiger partial charge in [0.1, 0.15) is 12.4 Å². The summed E-state index contributed by atoms with van der Waals surface area (Å²) in [5.74, 6) is 1.14. The lowest BCUT2D eigenvalue weighted by Gasteiger charge is -2.07. The van der Waals surface area contributed by atoms with E-state index in [2.05, 4.69) is 20.3 Å². The van der Waals surface area contributed by atoms with E-state index in [1.807, 2.05) is 0 Å². The van der Waals surface area contributed by atoms with Gasteiger partial charge in [0.05, 0.1) is 6.61 Å². The maximum atomic E-state index is 11.8. The van der Waals surface area contributed by atoms with Crippen molar-refractivity contribution in [2.45, 2.75) is 12.6 Å². The minimum atomic E-state index is -4.28. The first-order valence-electron chi connectivity index (χ1n) is 4.64. The highest BCUT2D eigenvalue weighted by Crippen LogP contribution is 2.14. The maximum Gasteiger partial charge on any atom is 0.411 e. The molecule has 1 heterocycles. The zero-order chi connectivity index (χ0) is 12.2. The van der Waals surface area contributed by atoms with Gasteiger partial charge in [-0.1, -0.05) is 0 Å². The largest absolute Gasteiger partial charge is 0.411 e. The van der Waals surface area contributed by atoms with Gasteiger partial charge in [-0.25, -0.2) is 0 Å². The molecule has 0 atom stereocenters. The van der Waals surface area contributed by atoms with Crippen LogP contribution < -0.4 is 5.32 Å². The molecule has 0 bridgehead atoms. The predicted octanol–water partition coefficient (Wildman–Crippen LogP) is 0.978. The normalized spacial score (nSPS) is 11.8. The number of ether oxygens (including phenoxy) is 1. The van der Waals surface area contributed by atoms with Crippen LogP contribution >= 0.6 is 0 Å². The SMILES string of the molecule is CNc1nnc(CCOCC(F)(F)F)n1C. The second-order valence-electron chi connectivity index (χ2n) is 3.17. The Labute approximate surface area is 90.6 Å². The van der Waals surface area contributed by atoms with Crippen molar-refractivity contribution >= 4 is 5.95 Å². The Morgan fingerprint density at radius 1 is 1.38 bits per heavy atom. The summed E-state index contributed by atoms with van der Waals surface area (Å²) in [6.07, 6.45) is -3.99. The molecule has 0 aliphatic carbocycles. The lowest BCUT2D eigenvalue weighted by molar-refractivity contribution is -0.173. The Hall–Kier alpha value is -1.31. The highest BCUT2D eigenvalue weighted by atomic mass is 19.4. The molecule has 0 unspecified atom stereocenters. The topological polar surface area (TPSA) is 52.0 Å². The van der Waals surface area contributed by atoms with Gasteiger partial charge >= 0.3 is 6.18 Å². The number of hydrogen-bond donors (Lipinski definition) is 1. The summed E-state index contributed by atoms with van der Waals surface area (Å²) in [7, 11) is 3.42. The summed E-state index contributed by atoms with van der Waals surface area (Å²) >= 11 is 0. The molecule has 0 spiro atoms. The van der Waals surface area contributed by atoms with E-state index in [1.54, 1.807) is 18.7 Å². The lowest BCUT2D eigenvalue weighted by atomic mass is 10.4. The van der Waals surface area contributed by atoms with Crippen LogP contribution in [0.2, 0.25) is 0 Å². The Bertz CT molecular complexity index is 337. The predicted molar refractivity (Wildman–Crippen MR) is 51.1 cm³/mol. The van der Waals surface area contributed by atoms with Gasteiger partial charge in [-0.3, -0.25) is 0 Å². The van der Waals surface area contributed by atoms with E-state index < -0.39 is 12.8 Å². The molecule has 0 amide bonds. The Kier molecular flexibility index (Phi) is 4.11. The second-order valence-corrected chi connectivity index (χ2v) is 3.17. The minimum absolute atomic E-state index is 0.0325. The van der Waals surface area contributed by atoms with Crippen LogP contribution in [0.15, 0.2) is 0 Å². The van der Waals surface area contributed by atoms with E-state index in [1.165, 1.54) is 0 Å². The summed E-state index contributed by atoms with van der Waals surface area (Å²) < 4.78 is 41.4. The van der Waals surface area contributed by atoms with Gasteiger partial charge in [-0.05, 0) is 0 Å². The van der Waals surface area contributed by atoms with Gasteiger partial charge in [0, 0.05) is 20.5 Å². The van der Waals surface area contributed by atoms with E-state index in [9.17, 15) is 13.2 Å². The number of anilines is 1. The number of aromatic nitrogens is 3. The van der Waals surface area contributed by atoms with Gasteiger partial charge in [-0.2, -0.15) is 13.2 Å². The molecule has 0 fully saturated rings. The van der Waals surface area contributed by atoms with Gasteiger partial charge in [0.2, 0.25) is 5.95 Å². The number of halogens is 3. The highest BCUT2D eigenvalue weighted by molar-refractivity contribution is 5.23. The van der Waals surface area contributed by atoms with Crippen molar-refractivity contribution in [2.24, 2.45) is 7.05 Å². The number of hydrogen-bond acceptors (Lipinski definition) is 4. The van der Waals surface area contributed by atoms with Crippen LogP contribution in [0.25, 0.3) is 0 Å². The molecule has 1 aromatic heterocycles. The molecule has 0 saturated carbocycles. The molecule has 8 heteroatoms. The summed E-state index contributed by atoms with van der Waals surface area (Å²) in [5, 5.41) is 10.4. The quantitative estimate of drug-likeness (QED) is 0.777. The van der Waals surface area contributed by atoms with E-state index in [0.29, 0.717) is 18.2 Å². The summed E-state index contributed by atoms with van der Waals surface area (Å²) in [6.45, 7) is -1.26. The minimum Gasteiger partial charge on any atom is -0.372 e. The molecule has 5 nitrogen and oxygen atoms in total. The number of alkyl halides is 3. The lowest BCUT2D eigenvalue weighted by Crippen LogP contribution is -2.18. The van der Waals surface area contributed by atoms with Crippen molar-refractivity contribution in [1.29, 1.82) is 0 Å². The maximum absolute atomic E-state index is 11.8. The number of nitrogens with one attached hydrogen (secondary N) is 1. The van der Waals surface area contributed by atoms with Crippen molar-refractivity contribution in [2.75, 3.05) is 25.6 Å². The fourth-order valence-corrected chi connectivity index (χ4v) is 1.15. The third kappa shape index (κ3) is 3.69. The molecule has 92 valence electrons. The van der Waals surface area contributed by atoms with Gasteiger partial charge in [0.25, 0.3) is 0 Å². The molecule has 0 radical (unpaired) electrons. The van der Waals surface area contributed by atoms with Gasteiger partial charge in [0.15, 0.2) is 0 Å².